The number of amides is 4. The molecular weight excluding hydrogens is 1140 g/mol. The predicted molar refractivity (Wildman–Crippen MR) is 402 cm³/mol. The average Bonchev–Trinajstić information content (AvgIpc) is 3.58. The number of nitrogens with one attached hydrogen (secondary N) is 4. The molecule has 11 heteroatoms. The second-order valence-corrected chi connectivity index (χ2v) is 26.6. The van der Waals surface area contributed by atoms with E-state index in [2.05, 4.69) is 80.2 Å². The molecule has 0 atom stereocenters. The van der Waals surface area contributed by atoms with Gasteiger partial charge in [0.05, 0.1) is 0 Å². The van der Waals surface area contributed by atoms with Gasteiger partial charge in [0.25, 0.3) is 0 Å². The molecule has 0 aromatic carbocycles. The number of carbonyl (C=O) groups is 4. The maximum Gasteiger partial charge on any atom is 0.220 e. The summed E-state index contributed by atoms with van der Waals surface area (Å²) in [5.41, 5.74) is 0. The minimum Gasteiger partial charge on any atom is -0.396 e. The third-order valence-electron chi connectivity index (χ3n) is 17.2. The van der Waals surface area contributed by atoms with Crippen LogP contribution in [0.4, 0.5) is 0 Å². The molecule has 92 heavy (non-hydrogen) atoms. The van der Waals surface area contributed by atoms with Gasteiger partial charge in [-0.05, 0) is 109 Å². The minimum absolute atomic E-state index is 0.0711. The van der Waals surface area contributed by atoms with Gasteiger partial charge in [0, 0.05) is 71.7 Å². The summed E-state index contributed by atoms with van der Waals surface area (Å²) in [5.74, 6) is 0.564. The quantitative estimate of drug-likeness (QED) is 0.0234. The number of hydrogen-bond acceptors (Lipinski definition) is 7. The molecule has 0 rings (SSSR count). The van der Waals surface area contributed by atoms with Gasteiger partial charge < -0.3 is 36.6 Å². The summed E-state index contributed by atoms with van der Waals surface area (Å²) >= 11 is 0. The SMILES string of the molecule is CCCCCCCC/C=C\CCCCCCCCNC(=O)CCCCCC.CCCCCCCC/C=C\CCCCCCCCNC(=O)CCCO.CCCCCCCCCCCCNC(=O)CCCCCO.CCCCCCCCCCCCNC(=O)CCCO. The summed E-state index contributed by atoms with van der Waals surface area (Å²) in [5, 5.41) is 37.7. The molecule has 4 amide bonds. The van der Waals surface area contributed by atoms with Gasteiger partial charge in [-0.25, -0.2) is 0 Å². The summed E-state index contributed by atoms with van der Waals surface area (Å²) in [6.07, 6.45) is 83.7. The van der Waals surface area contributed by atoms with Crippen molar-refractivity contribution < 1.29 is 34.5 Å². The van der Waals surface area contributed by atoms with Crippen molar-refractivity contribution >= 4 is 23.6 Å². The van der Waals surface area contributed by atoms with Crippen molar-refractivity contribution in [2.24, 2.45) is 0 Å². The van der Waals surface area contributed by atoms with Crippen molar-refractivity contribution in [3.63, 3.8) is 0 Å². The number of unbranched alkanes of at least 4 members (excludes halogenated alkanes) is 47. The Labute approximate surface area is 573 Å². The molecule has 0 aliphatic heterocycles. The first-order valence-corrected chi connectivity index (χ1v) is 40.4. The first kappa shape index (κ1) is 95.6. The van der Waals surface area contributed by atoms with Crippen LogP contribution in [0.2, 0.25) is 0 Å². The fourth-order valence-corrected chi connectivity index (χ4v) is 11.0. The van der Waals surface area contributed by atoms with E-state index in [-0.39, 0.29) is 43.4 Å². The van der Waals surface area contributed by atoms with E-state index in [4.69, 9.17) is 15.3 Å². The Morgan fingerprint density at radius 1 is 0.207 bits per heavy atom. The highest BCUT2D eigenvalue weighted by atomic mass is 16.3. The van der Waals surface area contributed by atoms with E-state index in [1.54, 1.807) is 0 Å². The maximum atomic E-state index is 11.6. The molecular formula is C81H162N4O7. The molecule has 0 bridgehead atoms. The molecule has 0 aromatic rings. The monoisotopic (exact) mass is 1300 g/mol. The summed E-state index contributed by atoms with van der Waals surface area (Å²) < 4.78 is 0. The van der Waals surface area contributed by atoms with Crippen LogP contribution < -0.4 is 21.3 Å². The molecule has 0 aliphatic carbocycles. The Bertz CT molecular complexity index is 1460. The number of allylic oxidation sites excluding steroid dienone is 4. The third kappa shape index (κ3) is 98.3. The van der Waals surface area contributed by atoms with Crippen LogP contribution in [-0.2, 0) is 19.2 Å². The number of aliphatic hydroxyl groups is 3. The number of aliphatic hydroxyl groups excluding tert-OH is 3. The average molecular weight is 1300 g/mol. The van der Waals surface area contributed by atoms with Crippen LogP contribution >= 0.6 is 0 Å². The smallest absolute Gasteiger partial charge is 0.220 e. The molecule has 11 nitrogen and oxygen atoms in total. The van der Waals surface area contributed by atoms with Gasteiger partial charge in [0.2, 0.25) is 23.6 Å². The van der Waals surface area contributed by atoms with Gasteiger partial charge in [-0.15, -0.1) is 0 Å². The van der Waals surface area contributed by atoms with E-state index in [1.165, 1.54) is 302 Å². The van der Waals surface area contributed by atoms with E-state index in [9.17, 15) is 19.2 Å². The molecule has 0 heterocycles. The zero-order chi connectivity index (χ0) is 68.0. The minimum atomic E-state index is 0.0711. The van der Waals surface area contributed by atoms with Gasteiger partial charge >= 0.3 is 0 Å². The van der Waals surface area contributed by atoms with Crippen molar-refractivity contribution in [2.45, 2.75) is 426 Å². The second kappa shape index (κ2) is 92.4. The number of hydrogen-bond donors (Lipinski definition) is 7. The highest BCUT2D eigenvalue weighted by Crippen LogP contribution is 2.15. The Balaban J connectivity index is -0.000000566. The van der Waals surface area contributed by atoms with E-state index in [1.807, 2.05) is 0 Å². The molecule has 0 unspecified atom stereocenters. The third-order valence-corrected chi connectivity index (χ3v) is 17.2. The number of carbonyl (C=O) groups excluding carboxylic acids is 4. The largest absolute Gasteiger partial charge is 0.396 e. The van der Waals surface area contributed by atoms with Crippen LogP contribution in [0.25, 0.3) is 0 Å². The van der Waals surface area contributed by atoms with Crippen LogP contribution in [0.5, 0.6) is 0 Å². The first-order valence-electron chi connectivity index (χ1n) is 40.4. The second-order valence-electron chi connectivity index (χ2n) is 26.6. The normalized spacial score (nSPS) is 11.0. The molecule has 0 saturated heterocycles. The lowest BCUT2D eigenvalue weighted by molar-refractivity contribution is -0.122. The van der Waals surface area contributed by atoms with E-state index in [0.717, 1.165) is 77.5 Å². The Kier molecular flexibility index (Phi) is 96.1. The van der Waals surface area contributed by atoms with Gasteiger partial charge in [-0.1, -0.05) is 316 Å². The van der Waals surface area contributed by atoms with Gasteiger partial charge in [0.1, 0.15) is 0 Å². The molecule has 548 valence electrons. The van der Waals surface area contributed by atoms with Crippen molar-refractivity contribution in [3.05, 3.63) is 24.3 Å². The predicted octanol–water partition coefficient (Wildman–Crippen LogP) is 22.4. The van der Waals surface area contributed by atoms with Crippen molar-refractivity contribution in [1.82, 2.24) is 21.3 Å². The summed E-state index contributed by atoms with van der Waals surface area (Å²) in [6, 6.07) is 0. The van der Waals surface area contributed by atoms with Gasteiger partial charge in [-0.2, -0.15) is 0 Å². The van der Waals surface area contributed by atoms with Crippen molar-refractivity contribution in [1.29, 1.82) is 0 Å². The number of rotatable bonds is 70. The lowest BCUT2D eigenvalue weighted by Gasteiger charge is -2.05. The van der Waals surface area contributed by atoms with Crippen molar-refractivity contribution in [2.75, 3.05) is 46.0 Å². The summed E-state index contributed by atoms with van der Waals surface area (Å²) in [7, 11) is 0. The Morgan fingerprint density at radius 2 is 0.370 bits per heavy atom. The molecule has 7 N–H and O–H groups in total. The highest BCUT2D eigenvalue weighted by Gasteiger charge is 2.04. The molecule has 0 aromatic heterocycles. The topological polar surface area (TPSA) is 177 Å². The molecule has 0 radical (unpaired) electrons. The van der Waals surface area contributed by atoms with E-state index >= 15 is 0 Å². The molecule has 0 spiro atoms. The lowest BCUT2D eigenvalue weighted by atomic mass is 10.1. The molecule has 0 aliphatic rings. The molecule has 0 fully saturated rings. The zero-order valence-electron chi connectivity index (χ0n) is 62.4. The van der Waals surface area contributed by atoms with E-state index < -0.39 is 0 Å². The van der Waals surface area contributed by atoms with Gasteiger partial charge in [-0.3, -0.25) is 19.2 Å². The zero-order valence-corrected chi connectivity index (χ0v) is 62.4. The first-order chi connectivity index (χ1) is 45.2. The van der Waals surface area contributed by atoms with Crippen LogP contribution in [0.1, 0.15) is 426 Å². The highest BCUT2D eigenvalue weighted by molar-refractivity contribution is 5.76. The summed E-state index contributed by atoms with van der Waals surface area (Å²) in [4.78, 5) is 45.7. The van der Waals surface area contributed by atoms with Crippen LogP contribution in [-0.4, -0.2) is 84.9 Å². The fourth-order valence-electron chi connectivity index (χ4n) is 11.0. The van der Waals surface area contributed by atoms with E-state index in [0.29, 0.717) is 38.5 Å². The van der Waals surface area contributed by atoms with Crippen molar-refractivity contribution in [3.8, 4) is 0 Å². The maximum absolute atomic E-state index is 11.6. The van der Waals surface area contributed by atoms with Crippen LogP contribution in [0.3, 0.4) is 0 Å². The standard InChI is InChI=1S/C25H49NO.C22H43NO2.C18H37NO2.C16H33NO2/c1-3-5-7-9-10-11-12-13-14-15-16-17-18-19-20-22-24-26-25(27)23-21-8-6-4-2;1-2-3-4-5-6-7-8-9-10-11-12-13-14-15-16-17-20-23-22(25)19-18-21-24;1-2-3-4-5-6-7-8-9-10-13-16-19-18(21)15-12-11-14-17-20;1-2-3-4-5-6-7-8-9-10-11-14-17-16(19)13-12-15-18/h13-14H,3-12,15-24H2,1-2H3,(H,26,27);9-10,24H,2-8,11-21H2,1H3,(H,23,25);20H,2-17H2,1H3,(H,19,21);18H,2-15H2,1H3,(H,17,19)/b14-13-;10-9-;;. The van der Waals surface area contributed by atoms with Crippen LogP contribution in [0.15, 0.2) is 24.3 Å². The fraction of sp³-hybridized carbons (Fsp3) is 0.901. The van der Waals surface area contributed by atoms with Gasteiger partial charge in [0.15, 0.2) is 0 Å². The Morgan fingerprint density at radius 3 is 0.576 bits per heavy atom. The Hall–Kier alpha value is -2.76. The lowest BCUT2D eigenvalue weighted by Crippen LogP contribution is -2.24. The van der Waals surface area contributed by atoms with Crippen LogP contribution in [0, 0.1) is 0 Å². The molecule has 0 saturated carbocycles. The summed E-state index contributed by atoms with van der Waals surface area (Å²) in [6.45, 7) is 15.0.